The third kappa shape index (κ3) is 3.28. The predicted octanol–water partition coefficient (Wildman–Crippen LogP) is -0.272. The van der Waals surface area contributed by atoms with Crippen molar-refractivity contribution in [3.05, 3.63) is 0 Å². The number of hydrogen-bond donors (Lipinski definition) is 1. The van der Waals surface area contributed by atoms with E-state index in [-0.39, 0.29) is 12.4 Å². The molecule has 20 heavy (non-hydrogen) atoms. The van der Waals surface area contributed by atoms with Gasteiger partial charge in [0, 0.05) is 58.4 Å². The van der Waals surface area contributed by atoms with Crippen molar-refractivity contribution >= 4 is 22.6 Å². The lowest BCUT2D eigenvalue weighted by Crippen LogP contribution is -2.50. The maximum atomic E-state index is 12.5. The number of nitrogens with zero attached hydrogens (tertiary/aromatic N) is 3. The molecule has 0 amide bonds. The molecule has 8 heteroatoms. The predicted molar refractivity (Wildman–Crippen MR) is 81.4 cm³/mol. The quantitative estimate of drug-likeness (QED) is 0.776. The second-order valence-corrected chi connectivity index (χ2v) is 7.63. The van der Waals surface area contributed by atoms with Crippen molar-refractivity contribution in [2.24, 2.45) is 0 Å². The monoisotopic (exact) mass is 324 g/mol. The smallest absolute Gasteiger partial charge is 0.282 e. The number of hydrogen-bond acceptors (Lipinski definition) is 4. The van der Waals surface area contributed by atoms with Crippen LogP contribution in [-0.2, 0) is 10.2 Å². The van der Waals surface area contributed by atoms with Crippen LogP contribution in [-0.4, -0.2) is 80.3 Å². The second-order valence-electron chi connectivity index (χ2n) is 5.70. The van der Waals surface area contributed by atoms with Gasteiger partial charge in [0.25, 0.3) is 10.2 Å². The van der Waals surface area contributed by atoms with Crippen molar-refractivity contribution in [2.75, 3.05) is 52.4 Å². The summed E-state index contributed by atoms with van der Waals surface area (Å²) < 4.78 is 28.3. The lowest BCUT2D eigenvalue weighted by Gasteiger charge is -2.32. The molecule has 3 aliphatic rings. The van der Waals surface area contributed by atoms with Gasteiger partial charge in [-0.05, 0) is 19.3 Å². The summed E-state index contributed by atoms with van der Waals surface area (Å²) in [5.41, 5.74) is 0. The second kappa shape index (κ2) is 6.89. The highest BCUT2D eigenvalue weighted by Crippen LogP contribution is 2.23. The van der Waals surface area contributed by atoms with E-state index in [0.29, 0.717) is 32.2 Å². The van der Waals surface area contributed by atoms with E-state index in [0.717, 1.165) is 45.4 Å². The van der Waals surface area contributed by atoms with E-state index >= 15 is 0 Å². The summed E-state index contributed by atoms with van der Waals surface area (Å²) in [6.45, 7) is 6.91. The maximum Gasteiger partial charge on any atom is 0.282 e. The van der Waals surface area contributed by atoms with Crippen LogP contribution in [0.4, 0.5) is 0 Å². The molecule has 0 aromatic rings. The molecule has 1 atom stereocenters. The van der Waals surface area contributed by atoms with Crippen LogP contribution < -0.4 is 5.32 Å². The topological polar surface area (TPSA) is 55.9 Å². The largest absolute Gasteiger partial charge is 0.314 e. The van der Waals surface area contributed by atoms with Crippen LogP contribution in [0.15, 0.2) is 0 Å². The van der Waals surface area contributed by atoms with E-state index in [1.54, 1.807) is 8.61 Å². The van der Waals surface area contributed by atoms with Gasteiger partial charge in [0.05, 0.1) is 0 Å². The van der Waals surface area contributed by atoms with Gasteiger partial charge in [-0.15, -0.1) is 12.4 Å². The first-order valence-electron chi connectivity index (χ1n) is 7.38. The van der Waals surface area contributed by atoms with Crippen LogP contribution in [0.2, 0.25) is 0 Å². The van der Waals surface area contributed by atoms with Gasteiger partial charge in [-0.2, -0.15) is 17.0 Å². The summed E-state index contributed by atoms with van der Waals surface area (Å²) in [5.74, 6) is 0. The van der Waals surface area contributed by atoms with E-state index in [9.17, 15) is 8.42 Å². The van der Waals surface area contributed by atoms with Crippen LogP contribution in [0.5, 0.6) is 0 Å². The van der Waals surface area contributed by atoms with Crippen LogP contribution in [0, 0.1) is 0 Å². The highest BCUT2D eigenvalue weighted by Gasteiger charge is 2.38. The summed E-state index contributed by atoms with van der Waals surface area (Å²) in [5, 5.41) is 3.34. The Morgan fingerprint density at radius 3 is 2.20 bits per heavy atom. The minimum absolute atomic E-state index is 0. The molecule has 0 aliphatic carbocycles. The van der Waals surface area contributed by atoms with Crippen LogP contribution in [0.25, 0.3) is 0 Å². The molecule has 0 bridgehead atoms. The van der Waals surface area contributed by atoms with Gasteiger partial charge in [0.2, 0.25) is 0 Å². The minimum atomic E-state index is -3.19. The maximum absolute atomic E-state index is 12.5. The minimum Gasteiger partial charge on any atom is -0.314 e. The highest BCUT2D eigenvalue weighted by atomic mass is 35.5. The fraction of sp³-hybridized carbons (Fsp3) is 1.00. The van der Waals surface area contributed by atoms with Crippen molar-refractivity contribution in [3.8, 4) is 0 Å². The van der Waals surface area contributed by atoms with Gasteiger partial charge >= 0.3 is 0 Å². The summed E-state index contributed by atoms with van der Waals surface area (Å²) in [4.78, 5) is 2.44. The SMILES string of the molecule is Cl.O=S(=O)(N1CCCC1)N1CCC(N2CCNCC2)C1. The molecule has 0 saturated carbocycles. The molecule has 3 rings (SSSR count). The number of halogens is 1. The summed E-state index contributed by atoms with van der Waals surface area (Å²) in [7, 11) is -3.19. The van der Waals surface area contributed by atoms with E-state index in [4.69, 9.17) is 0 Å². The molecule has 0 spiro atoms. The number of rotatable bonds is 3. The first kappa shape index (κ1) is 16.5. The zero-order valence-corrected chi connectivity index (χ0v) is 13.5. The fourth-order valence-electron chi connectivity index (χ4n) is 3.35. The zero-order valence-electron chi connectivity index (χ0n) is 11.8. The molecule has 3 fully saturated rings. The van der Waals surface area contributed by atoms with Crippen molar-refractivity contribution in [3.63, 3.8) is 0 Å². The Kier molecular flexibility index (Phi) is 5.67. The van der Waals surface area contributed by atoms with Crippen molar-refractivity contribution in [2.45, 2.75) is 25.3 Å². The van der Waals surface area contributed by atoms with Gasteiger partial charge in [-0.1, -0.05) is 0 Å². The Morgan fingerprint density at radius 1 is 0.900 bits per heavy atom. The van der Waals surface area contributed by atoms with Gasteiger partial charge < -0.3 is 5.32 Å². The first-order valence-corrected chi connectivity index (χ1v) is 8.77. The Balaban J connectivity index is 0.00000147. The normalized spacial score (nSPS) is 30.5. The molecule has 3 heterocycles. The van der Waals surface area contributed by atoms with Gasteiger partial charge in [-0.25, -0.2) is 0 Å². The van der Waals surface area contributed by atoms with Crippen molar-refractivity contribution < 1.29 is 8.42 Å². The van der Waals surface area contributed by atoms with Crippen LogP contribution >= 0.6 is 12.4 Å². The summed E-state index contributed by atoms with van der Waals surface area (Å²) >= 11 is 0. The molecule has 0 aromatic heterocycles. The van der Waals surface area contributed by atoms with Gasteiger partial charge in [-0.3, -0.25) is 4.90 Å². The molecule has 118 valence electrons. The van der Waals surface area contributed by atoms with Gasteiger partial charge in [0.1, 0.15) is 0 Å². The van der Waals surface area contributed by atoms with Gasteiger partial charge in [0.15, 0.2) is 0 Å². The Labute approximate surface area is 128 Å². The molecule has 3 aliphatic heterocycles. The Morgan fingerprint density at radius 2 is 1.55 bits per heavy atom. The molecular weight excluding hydrogens is 300 g/mol. The average molecular weight is 325 g/mol. The lowest BCUT2D eigenvalue weighted by molar-refractivity contribution is 0.179. The van der Waals surface area contributed by atoms with Crippen molar-refractivity contribution in [1.29, 1.82) is 0 Å². The fourth-order valence-corrected chi connectivity index (χ4v) is 5.09. The molecule has 1 N–H and O–H groups in total. The third-order valence-corrected chi connectivity index (χ3v) is 6.51. The van der Waals surface area contributed by atoms with Crippen molar-refractivity contribution in [1.82, 2.24) is 18.8 Å². The molecule has 0 aromatic carbocycles. The van der Waals surface area contributed by atoms with Crippen LogP contribution in [0.3, 0.4) is 0 Å². The Hall–Kier alpha value is 0.0800. The van der Waals surface area contributed by atoms with E-state index in [2.05, 4.69) is 10.2 Å². The molecule has 6 nitrogen and oxygen atoms in total. The summed E-state index contributed by atoms with van der Waals surface area (Å²) in [6.07, 6.45) is 3.00. The zero-order chi connectivity index (χ0) is 13.3. The highest BCUT2D eigenvalue weighted by molar-refractivity contribution is 7.86. The van der Waals surface area contributed by atoms with E-state index in [1.807, 2.05) is 0 Å². The molecule has 3 saturated heterocycles. The average Bonchev–Trinajstić information content (AvgIpc) is 3.12. The first-order chi connectivity index (χ1) is 9.18. The van der Waals surface area contributed by atoms with E-state index in [1.165, 1.54) is 0 Å². The molecular formula is C12H25ClN4O2S. The third-order valence-electron chi connectivity index (χ3n) is 4.51. The molecule has 1 unspecified atom stereocenters. The molecule has 0 radical (unpaired) electrons. The van der Waals surface area contributed by atoms with Crippen LogP contribution in [0.1, 0.15) is 19.3 Å². The number of nitrogens with one attached hydrogen (secondary N) is 1. The number of piperazine rings is 1. The van der Waals surface area contributed by atoms with E-state index < -0.39 is 10.2 Å². The standard InChI is InChI=1S/C12H24N4O2S.ClH/c17-19(18,15-6-1-2-7-15)16-8-3-12(11-16)14-9-4-13-5-10-14;/h12-13H,1-11H2;1H. The summed E-state index contributed by atoms with van der Waals surface area (Å²) in [6, 6.07) is 0.416. The Bertz CT molecular complexity index is 408. The lowest BCUT2D eigenvalue weighted by atomic mass is 10.2.